The average molecular weight is 213 g/mol. The molecule has 3 heteroatoms. The summed E-state index contributed by atoms with van der Waals surface area (Å²) in [6.07, 6.45) is 8.03. The molecule has 0 bridgehead atoms. The summed E-state index contributed by atoms with van der Waals surface area (Å²) in [5, 5.41) is 0. The number of hydrogen-bond donors (Lipinski definition) is 1. The fraction of sp³-hybridized carbons (Fsp3) is 1.00. The Bertz CT molecular complexity index is 202. The van der Waals surface area contributed by atoms with E-state index in [2.05, 4.69) is 0 Å². The number of rotatable bonds is 4. The Hall–Kier alpha value is -0.120. The maximum absolute atomic E-state index is 6.17. The van der Waals surface area contributed by atoms with E-state index >= 15 is 0 Å². The molecule has 2 unspecified atom stereocenters. The molecular weight excluding hydrogens is 190 g/mol. The van der Waals surface area contributed by atoms with Crippen LogP contribution in [-0.4, -0.2) is 32.5 Å². The van der Waals surface area contributed by atoms with Crippen molar-refractivity contribution < 1.29 is 9.47 Å². The zero-order valence-electron chi connectivity index (χ0n) is 9.71. The van der Waals surface area contributed by atoms with Gasteiger partial charge in [0.25, 0.3) is 0 Å². The monoisotopic (exact) mass is 213 g/mol. The van der Waals surface area contributed by atoms with Crippen molar-refractivity contribution in [3.8, 4) is 0 Å². The van der Waals surface area contributed by atoms with Gasteiger partial charge < -0.3 is 15.2 Å². The van der Waals surface area contributed by atoms with Gasteiger partial charge in [-0.2, -0.15) is 0 Å². The molecule has 2 N–H and O–H groups in total. The Morgan fingerprint density at radius 2 is 1.93 bits per heavy atom. The van der Waals surface area contributed by atoms with Gasteiger partial charge in [0.1, 0.15) is 0 Å². The van der Waals surface area contributed by atoms with E-state index in [0.29, 0.717) is 24.2 Å². The Balaban J connectivity index is 1.84. The highest BCUT2D eigenvalue weighted by molar-refractivity contribution is 5.07. The summed E-state index contributed by atoms with van der Waals surface area (Å²) >= 11 is 0. The predicted molar refractivity (Wildman–Crippen MR) is 59.7 cm³/mol. The quantitative estimate of drug-likeness (QED) is 0.723. The summed E-state index contributed by atoms with van der Waals surface area (Å²) in [7, 11) is 1.71. The molecule has 2 atom stereocenters. The largest absolute Gasteiger partial charge is 0.382 e. The van der Waals surface area contributed by atoms with Gasteiger partial charge in [0.05, 0.1) is 19.3 Å². The smallest absolute Gasteiger partial charge is 0.0704 e. The number of nitrogens with two attached hydrogens (primary N) is 1. The summed E-state index contributed by atoms with van der Waals surface area (Å²) in [5.41, 5.74) is 6.50. The van der Waals surface area contributed by atoms with Crippen LogP contribution < -0.4 is 5.73 Å². The van der Waals surface area contributed by atoms with Crippen LogP contribution in [0.1, 0.15) is 38.5 Å². The molecule has 0 amide bonds. The van der Waals surface area contributed by atoms with Gasteiger partial charge in [-0.1, -0.05) is 19.3 Å². The minimum atomic E-state index is 0.325. The lowest BCUT2D eigenvalue weighted by Gasteiger charge is -2.56. The van der Waals surface area contributed by atoms with Crippen molar-refractivity contribution in [2.24, 2.45) is 11.1 Å². The lowest BCUT2D eigenvalue weighted by atomic mass is 9.55. The van der Waals surface area contributed by atoms with E-state index in [-0.39, 0.29) is 0 Å². The third kappa shape index (κ3) is 2.05. The van der Waals surface area contributed by atoms with E-state index in [1.165, 1.54) is 32.1 Å². The van der Waals surface area contributed by atoms with Crippen LogP contribution in [0.5, 0.6) is 0 Å². The van der Waals surface area contributed by atoms with E-state index in [4.69, 9.17) is 15.2 Å². The van der Waals surface area contributed by atoms with Gasteiger partial charge in [0, 0.05) is 18.6 Å². The van der Waals surface area contributed by atoms with E-state index in [9.17, 15) is 0 Å². The topological polar surface area (TPSA) is 44.5 Å². The zero-order chi connectivity index (χ0) is 10.7. The van der Waals surface area contributed by atoms with Gasteiger partial charge in [0.2, 0.25) is 0 Å². The van der Waals surface area contributed by atoms with E-state index < -0.39 is 0 Å². The van der Waals surface area contributed by atoms with Crippen molar-refractivity contribution in [3.05, 3.63) is 0 Å². The van der Waals surface area contributed by atoms with Gasteiger partial charge >= 0.3 is 0 Å². The third-order valence-electron chi connectivity index (χ3n) is 4.24. The molecule has 0 radical (unpaired) electrons. The molecule has 1 spiro atoms. The van der Waals surface area contributed by atoms with E-state index in [1.807, 2.05) is 0 Å². The molecular formula is C12H23NO2. The van der Waals surface area contributed by atoms with Crippen LogP contribution in [0.4, 0.5) is 0 Å². The molecule has 2 rings (SSSR count). The summed E-state index contributed by atoms with van der Waals surface area (Å²) in [6.45, 7) is 1.41. The Morgan fingerprint density at radius 1 is 1.20 bits per heavy atom. The maximum atomic E-state index is 6.17. The standard InChI is InChI=1S/C12H23NO2/c1-14-7-8-15-11-9-10(13)12(11)5-3-2-4-6-12/h10-11H,2-9,13H2,1H3. The van der Waals surface area contributed by atoms with Gasteiger partial charge in [-0.05, 0) is 19.3 Å². The molecule has 2 aliphatic carbocycles. The minimum absolute atomic E-state index is 0.325. The number of ether oxygens (including phenoxy) is 2. The van der Waals surface area contributed by atoms with Gasteiger partial charge in [-0.15, -0.1) is 0 Å². The first-order valence-electron chi connectivity index (χ1n) is 6.16. The zero-order valence-corrected chi connectivity index (χ0v) is 9.71. The lowest BCUT2D eigenvalue weighted by molar-refractivity contribution is -0.148. The SMILES string of the molecule is COCCOC1CC(N)C12CCCCC2. The summed E-state index contributed by atoms with van der Waals surface area (Å²) in [6, 6.07) is 0.380. The fourth-order valence-electron chi connectivity index (χ4n) is 3.19. The molecule has 2 saturated carbocycles. The first kappa shape index (κ1) is 11.4. The van der Waals surface area contributed by atoms with Crippen LogP contribution in [0.2, 0.25) is 0 Å². The molecule has 15 heavy (non-hydrogen) atoms. The van der Waals surface area contributed by atoms with E-state index in [1.54, 1.807) is 7.11 Å². The molecule has 2 fully saturated rings. The van der Waals surface area contributed by atoms with Crippen LogP contribution in [0.15, 0.2) is 0 Å². The van der Waals surface area contributed by atoms with Gasteiger partial charge in [-0.25, -0.2) is 0 Å². The molecule has 0 aromatic rings. The second kappa shape index (κ2) is 4.81. The second-order valence-corrected chi connectivity index (χ2v) is 4.99. The normalized spacial score (nSPS) is 34.0. The molecule has 2 aliphatic rings. The van der Waals surface area contributed by atoms with Crippen molar-refractivity contribution in [1.82, 2.24) is 0 Å². The molecule has 3 nitrogen and oxygen atoms in total. The van der Waals surface area contributed by atoms with Crippen molar-refractivity contribution in [2.75, 3.05) is 20.3 Å². The van der Waals surface area contributed by atoms with E-state index in [0.717, 1.165) is 13.0 Å². The fourth-order valence-corrected chi connectivity index (χ4v) is 3.19. The third-order valence-corrected chi connectivity index (χ3v) is 4.24. The molecule has 0 heterocycles. The highest BCUT2D eigenvalue weighted by atomic mass is 16.5. The second-order valence-electron chi connectivity index (χ2n) is 4.99. The van der Waals surface area contributed by atoms with Crippen LogP contribution in [0.25, 0.3) is 0 Å². The Labute approximate surface area is 92.3 Å². The van der Waals surface area contributed by atoms with Crippen LogP contribution >= 0.6 is 0 Å². The van der Waals surface area contributed by atoms with Crippen LogP contribution in [0, 0.1) is 5.41 Å². The molecule has 0 aromatic carbocycles. The molecule has 88 valence electrons. The first-order chi connectivity index (χ1) is 7.29. The molecule has 0 aromatic heterocycles. The lowest BCUT2D eigenvalue weighted by Crippen LogP contribution is -2.63. The highest BCUT2D eigenvalue weighted by Crippen LogP contribution is 2.52. The van der Waals surface area contributed by atoms with Gasteiger partial charge in [-0.3, -0.25) is 0 Å². The van der Waals surface area contributed by atoms with Crippen LogP contribution in [-0.2, 0) is 9.47 Å². The Morgan fingerprint density at radius 3 is 2.53 bits per heavy atom. The van der Waals surface area contributed by atoms with Gasteiger partial charge in [0.15, 0.2) is 0 Å². The molecule has 0 saturated heterocycles. The average Bonchev–Trinajstić information content (AvgIpc) is 2.29. The summed E-state index contributed by atoms with van der Waals surface area (Å²) in [5.74, 6) is 0. The predicted octanol–water partition coefficient (Wildman–Crippen LogP) is 1.70. The summed E-state index contributed by atoms with van der Waals surface area (Å²) in [4.78, 5) is 0. The maximum Gasteiger partial charge on any atom is 0.0704 e. The minimum Gasteiger partial charge on any atom is -0.382 e. The van der Waals surface area contributed by atoms with Crippen molar-refractivity contribution in [3.63, 3.8) is 0 Å². The molecule has 0 aliphatic heterocycles. The summed E-state index contributed by atoms with van der Waals surface area (Å²) < 4.78 is 10.9. The number of hydrogen-bond acceptors (Lipinski definition) is 3. The van der Waals surface area contributed by atoms with Crippen LogP contribution in [0.3, 0.4) is 0 Å². The Kier molecular flexibility index (Phi) is 3.65. The highest BCUT2D eigenvalue weighted by Gasteiger charge is 2.53. The van der Waals surface area contributed by atoms with Crippen molar-refractivity contribution in [2.45, 2.75) is 50.7 Å². The number of methoxy groups -OCH3 is 1. The van der Waals surface area contributed by atoms with Crippen molar-refractivity contribution >= 4 is 0 Å². The van der Waals surface area contributed by atoms with Crippen molar-refractivity contribution in [1.29, 1.82) is 0 Å². The first-order valence-corrected chi connectivity index (χ1v) is 6.16.